The molecule has 9 aromatic carbocycles. The Labute approximate surface area is 344 Å². The van der Waals surface area contributed by atoms with Crippen molar-refractivity contribution in [3.05, 3.63) is 206 Å². The molecule has 0 spiro atoms. The third kappa shape index (κ3) is 4.39. The predicted molar refractivity (Wildman–Crippen MR) is 249 cm³/mol. The van der Waals surface area contributed by atoms with E-state index >= 15 is 0 Å². The second kappa shape index (κ2) is 12.3. The lowest BCUT2D eigenvalue weighted by molar-refractivity contribution is 1.17. The van der Waals surface area contributed by atoms with E-state index in [1.165, 1.54) is 54.4 Å². The van der Waals surface area contributed by atoms with Crippen molar-refractivity contribution >= 4 is 87.2 Å². The van der Waals surface area contributed by atoms with Crippen molar-refractivity contribution in [1.29, 1.82) is 5.26 Å². The molecule has 5 nitrogen and oxygen atoms in total. The van der Waals surface area contributed by atoms with Crippen LogP contribution in [0.5, 0.6) is 0 Å². The van der Waals surface area contributed by atoms with Crippen LogP contribution < -0.4 is 0 Å². The molecule has 0 bridgehead atoms. The summed E-state index contributed by atoms with van der Waals surface area (Å²) in [6.45, 7) is 0. The zero-order chi connectivity index (χ0) is 39.5. The Morgan fingerprint density at radius 2 is 0.717 bits per heavy atom. The largest absolute Gasteiger partial charge is 0.309 e. The van der Waals surface area contributed by atoms with Gasteiger partial charge in [-0.15, -0.1) is 0 Å². The highest BCUT2D eigenvalue weighted by atomic mass is 15.0. The quantitative estimate of drug-likeness (QED) is 0.176. The van der Waals surface area contributed by atoms with E-state index < -0.39 is 0 Å². The second-order valence-electron chi connectivity index (χ2n) is 15.6. The summed E-state index contributed by atoms with van der Waals surface area (Å²) in [5.41, 5.74) is 14.2. The molecule has 0 aliphatic carbocycles. The van der Waals surface area contributed by atoms with Gasteiger partial charge in [-0.3, -0.25) is 0 Å². The lowest BCUT2D eigenvalue weighted by Gasteiger charge is -2.12. The molecule has 0 fully saturated rings. The monoisotopic (exact) mass is 763 g/mol. The van der Waals surface area contributed by atoms with Crippen LogP contribution >= 0.6 is 0 Å². The maximum atomic E-state index is 10.0. The molecule has 13 aromatic rings. The van der Waals surface area contributed by atoms with Crippen molar-refractivity contribution in [2.75, 3.05) is 0 Å². The van der Waals surface area contributed by atoms with Crippen LogP contribution in [0.15, 0.2) is 200 Å². The standard InChI is InChI=1S/C55H33N5/c56-34-35-24-26-44-51(32-35)58(37-16-6-2-7-17-37)50-31-28-42-45-33-39(25-29-48(45)59(55(42)53(44)50)38-18-8-3-9-19-38)60-46-22-12-10-20-40(46)41-27-30-49-52(54(41)60)43-21-11-13-23-47(43)57(49)36-14-4-1-5-15-36/h1-33H. The van der Waals surface area contributed by atoms with E-state index in [0.29, 0.717) is 5.56 Å². The third-order valence-electron chi connectivity index (χ3n) is 12.5. The molecule has 0 N–H and O–H groups in total. The highest BCUT2D eigenvalue weighted by Crippen LogP contribution is 2.45. The molecule has 60 heavy (non-hydrogen) atoms. The Balaban J connectivity index is 1.18. The third-order valence-corrected chi connectivity index (χ3v) is 12.5. The number of hydrogen-bond acceptors (Lipinski definition) is 1. The number of nitriles is 1. The maximum absolute atomic E-state index is 10.0. The SMILES string of the molecule is N#Cc1ccc2c3c(ccc4c5cc(-n6c7ccccc7c7ccc8c(c9ccccc9n8-c8ccccc8)c76)ccc5n(-c5ccccc5)c43)n(-c3ccccc3)c2c1. The molecule has 0 unspecified atom stereocenters. The van der Waals surface area contributed by atoms with Crippen LogP contribution in [-0.2, 0) is 0 Å². The Kier molecular flexibility index (Phi) is 6.73. The van der Waals surface area contributed by atoms with Crippen LogP contribution in [-0.4, -0.2) is 18.3 Å². The minimum Gasteiger partial charge on any atom is -0.309 e. The normalized spacial score (nSPS) is 12.0. The summed E-state index contributed by atoms with van der Waals surface area (Å²) in [7, 11) is 0. The first-order chi connectivity index (χ1) is 29.8. The summed E-state index contributed by atoms with van der Waals surface area (Å²) in [5, 5.41) is 19.6. The van der Waals surface area contributed by atoms with Gasteiger partial charge in [0.25, 0.3) is 0 Å². The van der Waals surface area contributed by atoms with Gasteiger partial charge in [0.1, 0.15) is 0 Å². The van der Waals surface area contributed by atoms with Crippen LogP contribution in [0.2, 0.25) is 0 Å². The molecule has 4 heterocycles. The van der Waals surface area contributed by atoms with Crippen LogP contribution in [0.1, 0.15) is 5.56 Å². The first-order valence-electron chi connectivity index (χ1n) is 20.3. The topological polar surface area (TPSA) is 43.5 Å². The number of fused-ring (bicyclic) bond motifs is 14. The van der Waals surface area contributed by atoms with Gasteiger partial charge in [0.2, 0.25) is 0 Å². The summed E-state index contributed by atoms with van der Waals surface area (Å²) in [6.07, 6.45) is 0. The zero-order valence-corrected chi connectivity index (χ0v) is 32.3. The molecule has 0 radical (unpaired) electrons. The summed E-state index contributed by atoms with van der Waals surface area (Å²) in [4.78, 5) is 0. The minimum absolute atomic E-state index is 0.638. The molecule has 0 saturated carbocycles. The molecular weight excluding hydrogens is 731 g/mol. The van der Waals surface area contributed by atoms with Gasteiger partial charge in [-0.1, -0.05) is 109 Å². The predicted octanol–water partition coefficient (Wildman–Crippen LogP) is 13.9. The van der Waals surface area contributed by atoms with Gasteiger partial charge in [-0.25, -0.2) is 0 Å². The van der Waals surface area contributed by atoms with E-state index in [1.807, 2.05) is 18.2 Å². The van der Waals surface area contributed by atoms with Crippen molar-refractivity contribution < 1.29 is 0 Å². The fraction of sp³-hybridized carbons (Fsp3) is 0. The number of hydrogen-bond donors (Lipinski definition) is 0. The van der Waals surface area contributed by atoms with Gasteiger partial charge >= 0.3 is 0 Å². The van der Waals surface area contributed by atoms with Gasteiger partial charge in [0.05, 0.1) is 55.8 Å². The molecule has 0 aliphatic rings. The average Bonchev–Trinajstić information content (AvgIpc) is 4.04. The Hall–Kier alpha value is -8.33. The zero-order valence-electron chi connectivity index (χ0n) is 32.3. The first kappa shape index (κ1) is 32.7. The fourth-order valence-corrected chi connectivity index (χ4v) is 10.1. The van der Waals surface area contributed by atoms with E-state index in [2.05, 4.69) is 206 Å². The molecule has 0 amide bonds. The molecule has 4 aromatic heterocycles. The molecule has 0 atom stereocenters. The summed E-state index contributed by atoms with van der Waals surface area (Å²) >= 11 is 0. The molecule has 5 heteroatoms. The highest BCUT2D eigenvalue weighted by Gasteiger charge is 2.24. The summed E-state index contributed by atoms with van der Waals surface area (Å²) in [6, 6.07) is 74.1. The summed E-state index contributed by atoms with van der Waals surface area (Å²) in [5.74, 6) is 0. The number of benzene rings is 9. The maximum Gasteiger partial charge on any atom is 0.0992 e. The average molecular weight is 764 g/mol. The van der Waals surface area contributed by atoms with Gasteiger partial charge in [0.15, 0.2) is 0 Å². The molecule has 13 rings (SSSR count). The van der Waals surface area contributed by atoms with Gasteiger partial charge < -0.3 is 18.3 Å². The lowest BCUT2D eigenvalue weighted by atomic mass is 10.1. The Morgan fingerprint density at radius 3 is 1.33 bits per heavy atom. The summed E-state index contributed by atoms with van der Waals surface area (Å²) < 4.78 is 9.63. The molecule has 0 aliphatic heterocycles. The minimum atomic E-state index is 0.638. The van der Waals surface area contributed by atoms with E-state index in [4.69, 9.17) is 0 Å². The molecule has 0 saturated heterocycles. The lowest BCUT2D eigenvalue weighted by Crippen LogP contribution is -1.96. The van der Waals surface area contributed by atoms with Gasteiger partial charge in [-0.05, 0) is 91.0 Å². The van der Waals surface area contributed by atoms with Crippen molar-refractivity contribution in [1.82, 2.24) is 18.3 Å². The van der Waals surface area contributed by atoms with Crippen molar-refractivity contribution in [2.45, 2.75) is 0 Å². The first-order valence-corrected chi connectivity index (χ1v) is 20.3. The van der Waals surface area contributed by atoms with Gasteiger partial charge in [-0.2, -0.15) is 5.26 Å². The van der Waals surface area contributed by atoms with Crippen LogP contribution in [0.25, 0.3) is 110 Å². The van der Waals surface area contributed by atoms with Crippen molar-refractivity contribution in [3.8, 4) is 28.8 Å². The number of para-hydroxylation sites is 5. The fourth-order valence-electron chi connectivity index (χ4n) is 10.1. The van der Waals surface area contributed by atoms with E-state index in [0.717, 1.165) is 55.6 Å². The van der Waals surface area contributed by atoms with Crippen LogP contribution in [0, 0.1) is 11.3 Å². The van der Waals surface area contributed by atoms with Crippen LogP contribution in [0.4, 0.5) is 0 Å². The second-order valence-corrected chi connectivity index (χ2v) is 15.6. The van der Waals surface area contributed by atoms with Crippen molar-refractivity contribution in [3.63, 3.8) is 0 Å². The molecule has 278 valence electrons. The Morgan fingerprint density at radius 1 is 0.283 bits per heavy atom. The van der Waals surface area contributed by atoms with Crippen molar-refractivity contribution in [2.24, 2.45) is 0 Å². The van der Waals surface area contributed by atoms with Gasteiger partial charge in [0, 0.05) is 65.8 Å². The van der Waals surface area contributed by atoms with E-state index in [9.17, 15) is 5.26 Å². The number of rotatable bonds is 4. The van der Waals surface area contributed by atoms with E-state index in [-0.39, 0.29) is 0 Å². The van der Waals surface area contributed by atoms with E-state index in [1.54, 1.807) is 0 Å². The molecular formula is C55H33N5. The number of nitrogens with zero attached hydrogens (tertiary/aromatic N) is 5. The Bertz CT molecular complexity index is 3930. The number of aromatic nitrogens is 4. The highest BCUT2D eigenvalue weighted by molar-refractivity contribution is 6.28. The van der Waals surface area contributed by atoms with Crippen LogP contribution in [0.3, 0.4) is 0 Å². The smallest absolute Gasteiger partial charge is 0.0992 e.